The van der Waals surface area contributed by atoms with Crippen LogP contribution < -0.4 is 9.62 Å². The fourth-order valence-corrected chi connectivity index (χ4v) is 6.07. The molecule has 0 saturated heterocycles. The molecule has 5 nitrogen and oxygen atoms in total. The van der Waals surface area contributed by atoms with Gasteiger partial charge in [0.05, 0.1) is 5.69 Å². The minimum Gasteiger partial charge on any atom is -0.321 e. The fraction of sp³-hybridized carbons (Fsp3) is 0.0417. The molecule has 0 aliphatic carbocycles. The number of halogens is 1. The number of benzene rings is 3. The lowest BCUT2D eigenvalue weighted by molar-refractivity contribution is 0.102. The maximum absolute atomic E-state index is 13.7. The number of thiophene rings is 1. The molecule has 0 aliphatic heterocycles. The highest BCUT2D eigenvalue weighted by Crippen LogP contribution is 2.38. The molecule has 0 saturated carbocycles. The second kappa shape index (κ2) is 8.94. The number of amides is 1. The number of para-hydroxylation sites is 1. The standard InChI is InChI=1S/C24H19FN2O3S2/c1-27(20-14-12-18(25)13-15-20)32(29,30)23-21(17-8-4-2-5-9-17)16-31-22(23)24(28)26-19-10-6-3-7-11-19/h2-16H,1H3,(H,26,28). The van der Waals surface area contributed by atoms with Crippen molar-refractivity contribution in [3.05, 3.63) is 101 Å². The minimum atomic E-state index is -4.15. The van der Waals surface area contributed by atoms with E-state index >= 15 is 0 Å². The van der Waals surface area contributed by atoms with E-state index in [1.54, 1.807) is 53.9 Å². The Bertz CT molecular complexity index is 1340. The van der Waals surface area contributed by atoms with E-state index in [9.17, 15) is 17.6 Å². The fourth-order valence-electron chi connectivity index (χ4n) is 3.21. The second-order valence-corrected chi connectivity index (χ2v) is 9.73. The van der Waals surface area contributed by atoms with Gasteiger partial charge in [-0.25, -0.2) is 12.8 Å². The average molecular weight is 467 g/mol. The molecule has 1 heterocycles. The summed E-state index contributed by atoms with van der Waals surface area (Å²) in [7, 11) is -2.77. The first kappa shape index (κ1) is 21.7. The summed E-state index contributed by atoms with van der Waals surface area (Å²) in [4.78, 5) is 13.1. The Morgan fingerprint density at radius 3 is 2.12 bits per heavy atom. The average Bonchev–Trinajstić information content (AvgIpc) is 3.27. The van der Waals surface area contributed by atoms with Crippen LogP contribution in [-0.2, 0) is 10.0 Å². The van der Waals surface area contributed by atoms with Crippen LogP contribution in [0.15, 0.2) is 95.2 Å². The van der Waals surface area contributed by atoms with Crippen LogP contribution in [0.2, 0.25) is 0 Å². The summed E-state index contributed by atoms with van der Waals surface area (Å²) in [5, 5.41) is 4.43. The van der Waals surface area contributed by atoms with Gasteiger partial charge < -0.3 is 5.32 Å². The van der Waals surface area contributed by atoms with E-state index in [4.69, 9.17) is 0 Å². The van der Waals surface area contributed by atoms with Crippen LogP contribution in [0.3, 0.4) is 0 Å². The molecule has 0 aliphatic rings. The van der Waals surface area contributed by atoms with Crippen molar-refractivity contribution in [2.75, 3.05) is 16.7 Å². The van der Waals surface area contributed by atoms with E-state index in [2.05, 4.69) is 5.32 Å². The summed E-state index contributed by atoms with van der Waals surface area (Å²) < 4.78 is 41.8. The molecule has 0 fully saturated rings. The molecule has 4 rings (SSSR count). The van der Waals surface area contributed by atoms with Crippen molar-refractivity contribution in [2.45, 2.75) is 4.90 Å². The largest absolute Gasteiger partial charge is 0.321 e. The number of nitrogens with zero attached hydrogens (tertiary/aromatic N) is 1. The smallest absolute Gasteiger partial charge is 0.267 e. The van der Waals surface area contributed by atoms with Gasteiger partial charge in [-0.2, -0.15) is 0 Å². The van der Waals surface area contributed by atoms with Gasteiger partial charge >= 0.3 is 0 Å². The highest BCUT2D eigenvalue weighted by molar-refractivity contribution is 7.93. The zero-order chi connectivity index (χ0) is 22.7. The van der Waals surface area contributed by atoms with Gasteiger partial charge in [0.15, 0.2) is 0 Å². The Hall–Kier alpha value is -3.49. The molecule has 0 atom stereocenters. The SMILES string of the molecule is CN(c1ccc(F)cc1)S(=O)(=O)c1c(-c2ccccc2)csc1C(=O)Nc1ccccc1. The first-order valence-electron chi connectivity index (χ1n) is 9.66. The molecule has 0 spiro atoms. The van der Waals surface area contributed by atoms with E-state index in [0.29, 0.717) is 16.8 Å². The van der Waals surface area contributed by atoms with Crippen LogP contribution in [0.5, 0.6) is 0 Å². The van der Waals surface area contributed by atoms with Crippen molar-refractivity contribution in [3.63, 3.8) is 0 Å². The molecule has 32 heavy (non-hydrogen) atoms. The van der Waals surface area contributed by atoms with Gasteiger partial charge in [0.2, 0.25) is 0 Å². The third-order valence-corrected chi connectivity index (χ3v) is 7.86. The molecule has 4 aromatic rings. The van der Waals surface area contributed by atoms with Gasteiger partial charge in [-0.1, -0.05) is 48.5 Å². The number of anilines is 2. The topological polar surface area (TPSA) is 66.5 Å². The number of nitrogens with one attached hydrogen (secondary N) is 1. The van der Waals surface area contributed by atoms with Crippen molar-refractivity contribution in [2.24, 2.45) is 0 Å². The molecule has 3 aromatic carbocycles. The Morgan fingerprint density at radius 2 is 1.50 bits per heavy atom. The normalized spacial score (nSPS) is 11.2. The van der Waals surface area contributed by atoms with Crippen molar-refractivity contribution in [1.82, 2.24) is 0 Å². The molecular formula is C24H19FN2O3S2. The van der Waals surface area contributed by atoms with E-state index in [1.807, 2.05) is 12.1 Å². The number of carbonyl (C=O) groups is 1. The predicted molar refractivity (Wildman–Crippen MR) is 126 cm³/mol. The van der Waals surface area contributed by atoms with Crippen molar-refractivity contribution in [3.8, 4) is 11.1 Å². The Morgan fingerprint density at radius 1 is 0.906 bits per heavy atom. The first-order valence-corrected chi connectivity index (χ1v) is 12.0. The molecule has 1 N–H and O–H groups in total. The summed E-state index contributed by atoms with van der Waals surface area (Å²) in [6.07, 6.45) is 0. The van der Waals surface area contributed by atoms with Gasteiger partial charge in [-0.15, -0.1) is 11.3 Å². The van der Waals surface area contributed by atoms with Crippen molar-refractivity contribution < 1.29 is 17.6 Å². The van der Waals surface area contributed by atoms with Crippen molar-refractivity contribution in [1.29, 1.82) is 0 Å². The Kier molecular flexibility index (Phi) is 6.07. The molecule has 1 aromatic heterocycles. The van der Waals surface area contributed by atoms with Crippen LogP contribution in [0.1, 0.15) is 9.67 Å². The summed E-state index contributed by atoms with van der Waals surface area (Å²) in [6, 6.07) is 23.0. The predicted octanol–water partition coefficient (Wildman–Crippen LogP) is 5.63. The molecule has 162 valence electrons. The van der Waals surface area contributed by atoms with Gasteiger partial charge in [-0.05, 0) is 42.0 Å². The molecule has 1 amide bonds. The molecule has 0 bridgehead atoms. The van der Waals surface area contributed by atoms with E-state index in [1.165, 1.54) is 31.3 Å². The number of rotatable bonds is 6. The summed E-state index contributed by atoms with van der Waals surface area (Å²) >= 11 is 1.06. The minimum absolute atomic E-state index is 0.0710. The first-order chi connectivity index (χ1) is 15.4. The second-order valence-electron chi connectivity index (χ2n) is 6.94. The third kappa shape index (κ3) is 4.28. The number of hydrogen-bond donors (Lipinski definition) is 1. The quantitative estimate of drug-likeness (QED) is 0.400. The number of hydrogen-bond acceptors (Lipinski definition) is 4. The van der Waals surface area contributed by atoms with Crippen molar-refractivity contribution >= 4 is 38.6 Å². The zero-order valence-corrected chi connectivity index (χ0v) is 18.7. The molecule has 0 unspecified atom stereocenters. The van der Waals surface area contributed by atoms with Crippen LogP contribution in [0, 0.1) is 5.82 Å². The van der Waals surface area contributed by atoms with E-state index < -0.39 is 21.7 Å². The van der Waals surface area contributed by atoms with Crippen LogP contribution in [0.4, 0.5) is 15.8 Å². The molecule has 8 heteroatoms. The maximum Gasteiger partial charge on any atom is 0.267 e. The lowest BCUT2D eigenvalue weighted by atomic mass is 10.1. The van der Waals surface area contributed by atoms with Gasteiger partial charge in [0.25, 0.3) is 15.9 Å². The Balaban J connectivity index is 1.83. The molecular weight excluding hydrogens is 447 g/mol. The number of carbonyl (C=O) groups excluding carboxylic acids is 1. The zero-order valence-electron chi connectivity index (χ0n) is 17.0. The summed E-state index contributed by atoms with van der Waals surface area (Å²) in [6.45, 7) is 0. The van der Waals surface area contributed by atoms with Crippen LogP contribution in [-0.4, -0.2) is 21.4 Å². The Labute approximate surface area is 189 Å². The lowest BCUT2D eigenvalue weighted by Gasteiger charge is -2.21. The van der Waals surface area contributed by atoms with Crippen LogP contribution >= 0.6 is 11.3 Å². The van der Waals surface area contributed by atoms with Gasteiger partial charge in [0, 0.05) is 23.7 Å². The van der Waals surface area contributed by atoms with E-state index in [0.717, 1.165) is 15.6 Å². The number of sulfonamides is 1. The highest BCUT2D eigenvalue weighted by atomic mass is 32.2. The van der Waals surface area contributed by atoms with E-state index in [-0.39, 0.29) is 15.5 Å². The van der Waals surface area contributed by atoms with Gasteiger partial charge in [-0.3, -0.25) is 9.10 Å². The monoisotopic (exact) mass is 466 g/mol. The highest BCUT2D eigenvalue weighted by Gasteiger charge is 2.32. The molecule has 0 radical (unpaired) electrons. The van der Waals surface area contributed by atoms with Crippen LogP contribution in [0.25, 0.3) is 11.1 Å². The summed E-state index contributed by atoms with van der Waals surface area (Å²) in [5.74, 6) is -0.988. The van der Waals surface area contributed by atoms with Gasteiger partial charge in [0.1, 0.15) is 15.6 Å². The third-order valence-electron chi connectivity index (χ3n) is 4.88. The summed E-state index contributed by atoms with van der Waals surface area (Å²) in [5.41, 5.74) is 1.95. The lowest BCUT2D eigenvalue weighted by Crippen LogP contribution is -2.28. The maximum atomic E-state index is 13.7.